The van der Waals surface area contributed by atoms with Gasteiger partial charge in [0.1, 0.15) is 0 Å². The van der Waals surface area contributed by atoms with Gasteiger partial charge in [0.15, 0.2) is 5.65 Å². The summed E-state index contributed by atoms with van der Waals surface area (Å²) in [5, 5.41) is 3.97. The highest BCUT2D eigenvalue weighted by atomic mass is 32.1. The molecule has 2 rings (SSSR count). The van der Waals surface area contributed by atoms with Crippen molar-refractivity contribution in [3.63, 3.8) is 0 Å². The zero-order valence-corrected chi connectivity index (χ0v) is 9.43. The third kappa shape index (κ3) is 2.07. The van der Waals surface area contributed by atoms with Gasteiger partial charge < -0.3 is 0 Å². The van der Waals surface area contributed by atoms with E-state index in [0.29, 0.717) is 0 Å². The zero-order chi connectivity index (χ0) is 10.2. The molecule has 0 bridgehead atoms. The Bertz CT molecular complexity index is 442. The van der Waals surface area contributed by atoms with Crippen LogP contribution in [0.5, 0.6) is 0 Å². The molecule has 0 unspecified atom stereocenters. The van der Waals surface area contributed by atoms with Gasteiger partial charge in [0.25, 0.3) is 0 Å². The number of nitrogens with zero attached hydrogens (tertiary/aromatic N) is 3. The minimum atomic E-state index is 0.268. The molecule has 74 valence electrons. The van der Waals surface area contributed by atoms with Crippen LogP contribution in [0.4, 0.5) is 0 Å². The van der Waals surface area contributed by atoms with E-state index >= 15 is 0 Å². The molecule has 3 nitrogen and oxygen atoms in total. The van der Waals surface area contributed by atoms with Crippen LogP contribution in [-0.4, -0.2) is 14.6 Å². The highest BCUT2D eigenvalue weighted by Gasteiger charge is 2.12. The van der Waals surface area contributed by atoms with Gasteiger partial charge >= 0.3 is 0 Å². The molecule has 0 saturated heterocycles. The lowest BCUT2D eigenvalue weighted by Gasteiger charge is -2.16. The van der Waals surface area contributed by atoms with Crippen LogP contribution in [0, 0.1) is 5.41 Å². The molecule has 0 spiro atoms. The van der Waals surface area contributed by atoms with Crippen LogP contribution in [-0.2, 0) is 6.42 Å². The van der Waals surface area contributed by atoms with Crippen molar-refractivity contribution in [2.45, 2.75) is 27.2 Å². The van der Waals surface area contributed by atoms with E-state index in [9.17, 15) is 0 Å². The molecule has 0 atom stereocenters. The molecule has 0 saturated carbocycles. The van der Waals surface area contributed by atoms with Crippen molar-refractivity contribution in [1.29, 1.82) is 0 Å². The molecule has 0 aromatic carbocycles. The Morgan fingerprint density at radius 1 is 1.29 bits per heavy atom. The summed E-state index contributed by atoms with van der Waals surface area (Å²) in [7, 11) is 0. The predicted octanol–water partition coefficient (Wildman–Crippen LogP) is 2.67. The van der Waals surface area contributed by atoms with E-state index in [4.69, 9.17) is 0 Å². The molecule has 0 aliphatic rings. The fourth-order valence-electron chi connectivity index (χ4n) is 1.36. The monoisotopic (exact) mass is 207 g/mol. The Hall–Kier alpha value is -1.03. The van der Waals surface area contributed by atoms with Gasteiger partial charge in [0.05, 0.1) is 4.70 Å². The third-order valence-corrected chi connectivity index (χ3v) is 2.56. The first-order valence-electron chi connectivity index (χ1n) is 4.63. The molecule has 2 aromatic rings. The second-order valence-corrected chi connectivity index (χ2v) is 5.42. The number of hydrogen-bond donors (Lipinski definition) is 0. The maximum absolute atomic E-state index is 4.46. The summed E-state index contributed by atoms with van der Waals surface area (Å²) in [5.41, 5.74) is 2.14. The smallest absolute Gasteiger partial charge is 0.194 e. The Balaban J connectivity index is 2.35. The molecule has 0 fully saturated rings. The van der Waals surface area contributed by atoms with Gasteiger partial charge in [-0.2, -0.15) is 0 Å². The predicted molar refractivity (Wildman–Crippen MR) is 58.4 cm³/mol. The summed E-state index contributed by atoms with van der Waals surface area (Å²) in [5.74, 6) is 0. The van der Waals surface area contributed by atoms with E-state index in [-0.39, 0.29) is 5.41 Å². The molecule has 4 heteroatoms. The normalized spacial score (nSPS) is 12.2. The average Bonchev–Trinajstić information content (AvgIpc) is 2.47. The maximum atomic E-state index is 4.46. The number of rotatable bonds is 1. The quantitative estimate of drug-likeness (QED) is 0.721. The zero-order valence-electron chi connectivity index (χ0n) is 8.61. The van der Waals surface area contributed by atoms with E-state index in [1.807, 2.05) is 6.07 Å². The van der Waals surface area contributed by atoms with Crippen LogP contribution in [0.1, 0.15) is 26.5 Å². The molecule has 2 heterocycles. The van der Waals surface area contributed by atoms with Gasteiger partial charge in [0, 0.05) is 5.69 Å². The van der Waals surface area contributed by atoms with Crippen molar-refractivity contribution >= 4 is 21.9 Å². The third-order valence-electron chi connectivity index (χ3n) is 1.88. The molecule has 0 aliphatic heterocycles. The molecular weight excluding hydrogens is 194 g/mol. The van der Waals surface area contributed by atoms with Crippen LogP contribution in [0.15, 0.2) is 12.1 Å². The second-order valence-electron chi connectivity index (χ2n) is 4.63. The van der Waals surface area contributed by atoms with Crippen LogP contribution < -0.4 is 0 Å². The van der Waals surface area contributed by atoms with Gasteiger partial charge in [-0.15, -0.1) is 5.10 Å². The van der Waals surface area contributed by atoms with E-state index in [1.165, 1.54) is 11.5 Å². The van der Waals surface area contributed by atoms with E-state index < -0.39 is 0 Å². The van der Waals surface area contributed by atoms with Crippen molar-refractivity contribution in [1.82, 2.24) is 14.6 Å². The van der Waals surface area contributed by atoms with Crippen molar-refractivity contribution in [2.24, 2.45) is 5.41 Å². The minimum Gasteiger partial charge on any atom is -0.231 e. The highest BCUT2D eigenvalue weighted by molar-refractivity contribution is 7.12. The minimum absolute atomic E-state index is 0.268. The standard InChI is InChI=1S/C10H13N3S/c1-10(2,3)6-7-4-5-8-9(11-7)12-13-14-8/h4-5H,6H2,1-3H3. The largest absolute Gasteiger partial charge is 0.231 e. The number of pyridine rings is 1. The van der Waals surface area contributed by atoms with Gasteiger partial charge in [0.2, 0.25) is 0 Å². The van der Waals surface area contributed by atoms with Gasteiger partial charge in [-0.25, -0.2) is 4.98 Å². The Kier molecular flexibility index (Phi) is 2.23. The lowest BCUT2D eigenvalue weighted by atomic mass is 9.90. The average molecular weight is 207 g/mol. The van der Waals surface area contributed by atoms with Crippen LogP contribution in [0.2, 0.25) is 0 Å². The molecule has 0 N–H and O–H groups in total. The second kappa shape index (κ2) is 3.28. The van der Waals surface area contributed by atoms with E-state index in [2.05, 4.69) is 41.4 Å². The first kappa shape index (κ1) is 9.52. The summed E-state index contributed by atoms with van der Waals surface area (Å²) in [6.07, 6.45) is 0.973. The van der Waals surface area contributed by atoms with Gasteiger partial charge in [-0.3, -0.25) is 0 Å². The fourth-order valence-corrected chi connectivity index (χ4v) is 1.87. The number of fused-ring (bicyclic) bond motifs is 1. The topological polar surface area (TPSA) is 38.7 Å². The lowest BCUT2D eigenvalue weighted by molar-refractivity contribution is 0.407. The Morgan fingerprint density at radius 2 is 2.07 bits per heavy atom. The first-order chi connectivity index (χ1) is 6.54. The SMILES string of the molecule is CC(C)(C)Cc1ccc2snnc2n1. The fraction of sp³-hybridized carbons (Fsp3) is 0.500. The van der Waals surface area contributed by atoms with Crippen molar-refractivity contribution in [3.05, 3.63) is 17.8 Å². The van der Waals surface area contributed by atoms with Gasteiger partial charge in [-0.05, 0) is 35.5 Å². The van der Waals surface area contributed by atoms with Crippen LogP contribution in [0.3, 0.4) is 0 Å². The first-order valence-corrected chi connectivity index (χ1v) is 5.40. The lowest BCUT2D eigenvalue weighted by Crippen LogP contribution is -2.10. The number of aromatic nitrogens is 3. The number of hydrogen-bond acceptors (Lipinski definition) is 4. The Morgan fingerprint density at radius 3 is 2.79 bits per heavy atom. The molecule has 2 aromatic heterocycles. The summed E-state index contributed by atoms with van der Waals surface area (Å²) in [4.78, 5) is 4.46. The summed E-state index contributed by atoms with van der Waals surface area (Å²) in [6, 6.07) is 4.11. The molecule has 0 radical (unpaired) electrons. The van der Waals surface area contributed by atoms with Crippen LogP contribution >= 0.6 is 11.5 Å². The van der Waals surface area contributed by atoms with Crippen LogP contribution in [0.25, 0.3) is 10.3 Å². The van der Waals surface area contributed by atoms with E-state index in [1.54, 1.807) is 0 Å². The van der Waals surface area contributed by atoms with E-state index in [0.717, 1.165) is 22.5 Å². The molecule has 14 heavy (non-hydrogen) atoms. The van der Waals surface area contributed by atoms with Crippen molar-refractivity contribution in [2.75, 3.05) is 0 Å². The molecule has 0 aliphatic carbocycles. The van der Waals surface area contributed by atoms with Crippen molar-refractivity contribution in [3.8, 4) is 0 Å². The Labute approximate surface area is 87.3 Å². The summed E-state index contributed by atoms with van der Waals surface area (Å²) < 4.78 is 4.93. The molecular formula is C10H13N3S. The molecule has 0 amide bonds. The summed E-state index contributed by atoms with van der Waals surface area (Å²) in [6.45, 7) is 6.62. The van der Waals surface area contributed by atoms with Gasteiger partial charge in [-0.1, -0.05) is 25.3 Å². The summed E-state index contributed by atoms with van der Waals surface area (Å²) >= 11 is 1.39. The van der Waals surface area contributed by atoms with Crippen molar-refractivity contribution < 1.29 is 0 Å². The highest BCUT2D eigenvalue weighted by Crippen LogP contribution is 2.21. The maximum Gasteiger partial charge on any atom is 0.194 e.